The Balaban J connectivity index is 3.57. The minimum Gasteiger partial charge on any atom is -0.498 e. The summed E-state index contributed by atoms with van der Waals surface area (Å²) in [4.78, 5) is 23.8. The summed E-state index contributed by atoms with van der Waals surface area (Å²) < 4.78 is 25.4. The van der Waals surface area contributed by atoms with Crippen LogP contribution in [-0.2, 0) is 28.2 Å². The molecule has 0 aliphatic heterocycles. The molecule has 1 rings (SSSR count). The van der Waals surface area contributed by atoms with Gasteiger partial charge in [0.15, 0.2) is 8.32 Å². The van der Waals surface area contributed by atoms with Gasteiger partial charge in [-0.25, -0.2) is 4.79 Å². The van der Waals surface area contributed by atoms with Crippen LogP contribution in [0.15, 0.2) is 33.3 Å². The van der Waals surface area contributed by atoms with E-state index < -0.39 is 31.9 Å². The Morgan fingerprint density at radius 2 is 1.83 bits per heavy atom. The summed E-state index contributed by atoms with van der Waals surface area (Å²) in [6.45, 7) is 14.3. The largest absolute Gasteiger partial charge is 0.498 e. The summed E-state index contributed by atoms with van der Waals surface area (Å²) >= 11 is 2.12. The lowest BCUT2D eigenvalue weighted by Gasteiger charge is -2.43. The number of methoxy groups -OCH3 is 2. The molecule has 0 heterocycles. The van der Waals surface area contributed by atoms with Crippen molar-refractivity contribution in [3.05, 3.63) is 33.3 Å². The highest BCUT2D eigenvalue weighted by Crippen LogP contribution is 2.51. The van der Waals surface area contributed by atoms with Gasteiger partial charge in [-0.2, -0.15) is 0 Å². The molecule has 3 atom stereocenters. The summed E-state index contributed by atoms with van der Waals surface area (Å²) in [5.41, 5.74) is -0.497. The number of allylic oxidation sites excluding steroid dienone is 2. The minimum absolute atomic E-state index is 0.0278. The Morgan fingerprint density at radius 1 is 1.24 bits per heavy atom. The highest BCUT2D eigenvalue weighted by molar-refractivity contribution is 14.1. The Bertz CT molecular complexity index is 719. The van der Waals surface area contributed by atoms with E-state index in [4.69, 9.17) is 18.6 Å². The SMILES string of the molecule is COC1=C(C(=O)O/C(C)=C/C=O)[C@@](C)(/C=C/I)[C@H](O[Si](C)(C)C(C)(C)C)[C@H]1OC. The summed E-state index contributed by atoms with van der Waals surface area (Å²) in [7, 11) is 0.875. The number of rotatable bonds is 8. The van der Waals surface area contributed by atoms with Crippen molar-refractivity contribution in [2.45, 2.75) is 65.0 Å². The van der Waals surface area contributed by atoms with Gasteiger partial charge in [-0.15, -0.1) is 0 Å². The molecule has 0 fully saturated rings. The van der Waals surface area contributed by atoms with E-state index in [1.54, 1.807) is 14.0 Å². The lowest BCUT2D eigenvalue weighted by Crippen LogP contribution is -2.51. The molecule has 0 unspecified atom stereocenters. The maximum atomic E-state index is 13.1. The first kappa shape index (κ1) is 26.1. The van der Waals surface area contributed by atoms with Crippen molar-refractivity contribution in [3.63, 3.8) is 0 Å². The highest BCUT2D eigenvalue weighted by atomic mass is 127. The van der Waals surface area contributed by atoms with Gasteiger partial charge in [0.25, 0.3) is 0 Å². The van der Waals surface area contributed by atoms with Gasteiger partial charge in [0, 0.05) is 18.6 Å². The van der Waals surface area contributed by atoms with Crippen LogP contribution < -0.4 is 0 Å². The molecule has 1 aliphatic carbocycles. The molecule has 0 radical (unpaired) electrons. The Kier molecular flexibility index (Phi) is 8.89. The quantitative estimate of drug-likeness (QED) is 0.110. The normalized spacial score (nSPS) is 26.2. The van der Waals surface area contributed by atoms with Crippen molar-refractivity contribution >= 4 is 43.2 Å². The molecule has 0 N–H and O–H groups in total. The second kappa shape index (κ2) is 9.89. The second-order valence-corrected chi connectivity index (χ2v) is 14.3. The first-order valence-corrected chi connectivity index (χ1v) is 13.6. The van der Waals surface area contributed by atoms with E-state index in [0.717, 1.165) is 0 Å². The van der Waals surface area contributed by atoms with Gasteiger partial charge in [0.05, 0.1) is 18.8 Å². The van der Waals surface area contributed by atoms with Crippen LogP contribution in [0.4, 0.5) is 0 Å². The van der Waals surface area contributed by atoms with Crippen LogP contribution in [0.2, 0.25) is 18.1 Å². The molecule has 1 aliphatic rings. The number of aldehydes is 1. The molecule has 6 nitrogen and oxygen atoms in total. The zero-order valence-corrected chi connectivity index (χ0v) is 21.9. The third-order valence-electron chi connectivity index (χ3n) is 5.78. The van der Waals surface area contributed by atoms with Crippen LogP contribution in [0.5, 0.6) is 0 Å². The molecule has 0 aromatic heterocycles. The van der Waals surface area contributed by atoms with Gasteiger partial charge in [-0.3, -0.25) is 4.79 Å². The predicted molar refractivity (Wildman–Crippen MR) is 124 cm³/mol. The monoisotopic (exact) mass is 536 g/mol. The summed E-state index contributed by atoms with van der Waals surface area (Å²) in [6, 6.07) is 0. The van der Waals surface area contributed by atoms with Crippen LogP contribution in [-0.4, -0.2) is 47.0 Å². The molecule has 0 saturated heterocycles. The number of halogens is 1. The Morgan fingerprint density at radius 3 is 2.24 bits per heavy atom. The standard InChI is InChI=1S/C21H33IO6Si/c1-14(10-13-23)27-19(24)15-16(25-6)17(26-7)18(21(15,5)11-12-22)28-29(8,9)20(2,3)4/h10-13,17-18H,1-9H3/b12-11+,14-10+/t17-,18+,21+/m0/s1. The van der Waals surface area contributed by atoms with E-state index in [1.807, 2.05) is 17.1 Å². The lowest BCUT2D eigenvalue weighted by molar-refractivity contribution is -0.136. The third kappa shape index (κ3) is 5.39. The fraction of sp³-hybridized carbons (Fsp3) is 0.619. The summed E-state index contributed by atoms with van der Waals surface area (Å²) in [5, 5.41) is -0.0278. The maximum Gasteiger partial charge on any atom is 0.343 e. The van der Waals surface area contributed by atoms with Crippen LogP contribution in [0.3, 0.4) is 0 Å². The average Bonchev–Trinajstić information content (AvgIpc) is 2.81. The molecule has 0 bridgehead atoms. The van der Waals surface area contributed by atoms with Crippen molar-refractivity contribution in [2.75, 3.05) is 14.2 Å². The molecule has 0 spiro atoms. The van der Waals surface area contributed by atoms with Gasteiger partial charge in [-0.05, 0) is 36.1 Å². The molecule has 0 amide bonds. The van der Waals surface area contributed by atoms with Crippen molar-refractivity contribution in [3.8, 4) is 0 Å². The second-order valence-electron chi connectivity index (χ2n) is 8.78. The topological polar surface area (TPSA) is 71.1 Å². The first-order chi connectivity index (χ1) is 13.3. The molecular formula is C21H33IO6Si. The van der Waals surface area contributed by atoms with Gasteiger partial charge >= 0.3 is 5.97 Å². The van der Waals surface area contributed by atoms with E-state index in [1.165, 1.54) is 13.2 Å². The van der Waals surface area contributed by atoms with Gasteiger partial charge in [0.2, 0.25) is 0 Å². The van der Waals surface area contributed by atoms with Crippen molar-refractivity contribution in [1.29, 1.82) is 0 Å². The zero-order valence-electron chi connectivity index (χ0n) is 18.8. The average molecular weight is 536 g/mol. The highest BCUT2D eigenvalue weighted by Gasteiger charge is 2.57. The number of carbonyl (C=O) groups is 2. The number of esters is 1. The summed E-state index contributed by atoms with van der Waals surface area (Å²) in [6.07, 6.45) is 2.66. The van der Waals surface area contributed by atoms with E-state index >= 15 is 0 Å². The lowest BCUT2D eigenvalue weighted by atomic mass is 9.81. The van der Waals surface area contributed by atoms with E-state index in [-0.39, 0.29) is 10.8 Å². The number of hydrogen-bond acceptors (Lipinski definition) is 6. The van der Waals surface area contributed by atoms with Crippen molar-refractivity contribution in [2.24, 2.45) is 5.41 Å². The molecule has 0 aromatic carbocycles. The summed E-state index contributed by atoms with van der Waals surface area (Å²) in [5.74, 6) is 0.00596. The molecule has 164 valence electrons. The van der Waals surface area contributed by atoms with Crippen molar-refractivity contribution < 1.29 is 28.2 Å². The molecule has 0 aromatic rings. The molecule has 0 saturated carbocycles. The maximum absolute atomic E-state index is 13.1. The number of carbonyl (C=O) groups excluding carboxylic acids is 2. The van der Waals surface area contributed by atoms with E-state index in [0.29, 0.717) is 17.6 Å². The Labute approximate surface area is 189 Å². The Hall–Kier alpha value is -0.973. The minimum atomic E-state index is -2.21. The third-order valence-corrected chi connectivity index (χ3v) is 10.6. The first-order valence-electron chi connectivity index (χ1n) is 9.42. The van der Waals surface area contributed by atoms with E-state index in [2.05, 4.69) is 56.5 Å². The van der Waals surface area contributed by atoms with Gasteiger partial charge in [-0.1, -0.05) is 49.4 Å². The van der Waals surface area contributed by atoms with Crippen LogP contribution in [0, 0.1) is 5.41 Å². The number of ether oxygens (including phenoxy) is 3. The fourth-order valence-corrected chi connectivity index (χ4v) is 5.19. The smallest absolute Gasteiger partial charge is 0.343 e. The van der Waals surface area contributed by atoms with Crippen LogP contribution >= 0.6 is 22.6 Å². The molecule has 29 heavy (non-hydrogen) atoms. The van der Waals surface area contributed by atoms with E-state index in [9.17, 15) is 9.59 Å². The predicted octanol–water partition coefficient (Wildman–Crippen LogP) is 4.91. The number of hydrogen-bond donors (Lipinski definition) is 0. The van der Waals surface area contributed by atoms with Gasteiger partial charge < -0.3 is 18.6 Å². The van der Waals surface area contributed by atoms with Gasteiger partial charge in [0.1, 0.15) is 23.9 Å². The van der Waals surface area contributed by atoms with Crippen LogP contribution in [0.1, 0.15) is 34.6 Å². The molecular weight excluding hydrogens is 503 g/mol. The molecule has 8 heteroatoms. The zero-order chi connectivity index (χ0) is 22.6. The van der Waals surface area contributed by atoms with Crippen LogP contribution in [0.25, 0.3) is 0 Å². The van der Waals surface area contributed by atoms with Crippen molar-refractivity contribution in [1.82, 2.24) is 0 Å². The fourth-order valence-electron chi connectivity index (χ4n) is 3.09.